The Morgan fingerprint density at radius 3 is 2.52 bits per heavy atom. The van der Waals surface area contributed by atoms with E-state index < -0.39 is 0 Å². The van der Waals surface area contributed by atoms with Gasteiger partial charge in [-0.3, -0.25) is 10.1 Å². The minimum Gasteiger partial charge on any atom is -0.486 e. The maximum absolute atomic E-state index is 11.1. The van der Waals surface area contributed by atoms with Crippen molar-refractivity contribution in [2.75, 3.05) is 11.9 Å². The molecule has 0 radical (unpaired) electrons. The van der Waals surface area contributed by atoms with Crippen LogP contribution < -0.4 is 4.74 Å². The van der Waals surface area contributed by atoms with Crippen LogP contribution in [-0.2, 0) is 0 Å². The summed E-state index contributed by atoms with van der Waals surface area (Å²) in [6, 6.07) is 5.07. The lowest BCUT2D eigenvalue weighted by Gasteiger charge is -2.30. The Kier molecular flexibility index (Phi) is 5.62. The van der Waals surface area contributed by atoms with Gasteiger partial charge in [-0.1, -0.05) is 53.7 Å². The molecule has 1 aromatic rings. The minimum absolute atomic E-state index is 0.0633. The predicted molar refractivity (Wildman–Crippen MR) is 87.3 cm³/mol. The van der Waals surface area contributed by atoms with Gasteiger partial charge < -0.3 is 4.74 Å². The Hall–Kier alpha value is -1.10. The van der Waals surface area contributed by atoms with Crippen molar-refractivity contribution in [3.63, 3.8) is 0 Å². The van der Waals surface area contributed by atoms with Gasteiger partial charge >= 0.3 is 5.69 Å². The monoisotopic (exact) mass is 355 g/mol. The molecule has 1 aliphatic rings. The van der Waals surface area contributed by atoms with Gasteiger partial charge in [-0.15, -0.1) is 0 Å². The van der Waals surface area contributed by atoms with E-state index in [0.717, 1.165) is 23.7 Å². The number of benzene rings is 1. The molecule has 1 saturated carbocycles. The fourth-order valence-corrected chi connectivity index (χ4v) is 3.71. The molecule has 116 valence electrons. The zero-order valence-corrected chi connectivity index (χ0v) is 14.0. The first kappa shape index (κ1) is 16.3. The zero-order chi connectivity index (χ0) is 15.3. The summed E-state index contributed by atoms with van der Waals surface area (Å²) in [5.74, 6) is 0.423. The van der Waals surface area contributed by atoms with Crippen LogP contribution in [0.1, 0.15) is 44.1 Å². The second-order valence-electron chi connectivity index (χ2n) is 6.02. The summed E-state index contributed by atoms with van der Waals surface area (Å²) in [6.45, 7) is 2.40. The normalized spacial score (nSPS) is 18.0. The second-order valence-corrected chi connectivity index (χ2v) is 6.58. The summed E-state index contributed by atoms with van der Waals surface area (Å²) in [5.41, 5.74) is 0.989. The molecule has 0 heterocycles. The smallest absolute Gasteiger partial charge is 0.311 e. The fraction of sp³-hybridized carbons (Fsp3) is 0.625. The van der Waals surface area contributed by atoms with Gasteiger partial charge in [0.25, 0.3) is 0 Å². The van der Waals surface area contributed by atoms with Gasteiger partial charge in [0.15, 0.2) is 5.75 Å². The first-order chi connectivity index (χ1) is 10.1. The molecule has 21 heavy (non-hydrogen) atoms. The number of nitro benzene ring substituents is 1. The molecule has 0 unspecified atom stereocenters. The van der Waals surface area contributed by atoms with Crippen molar-refractivity contribution in [3.05, 3.63) is 33.9 Å². The standard InChI is InChI=1S/C16H22BrNO3/c1-13-7-6-8-14(18(19)20)15(13)21-12-16(11-17)9-4-2-3-5-10-16/h6-8H,2-5,9-12H2,1H3. The van der Waals surface area contributed by atoms with E-state index in [1.807, 2.05) is 13.0 Å². The highest BCUT2D eigenvalue weighted by atomic mass is 79.9. The number of hydrogen-bond acceptors (Lipinski definition) is 3. The highest BCUT2D eigenvalue weighted by Gasteiger charge is 2.32. The molecule has 0 N–H and O–H groups in total. The quantitative estimate of drug-likeness (QED) is 0.322. The second kappa shape index (κ2) is 7.25. The lowest BCUT2D eigenvalue weighted by molar-refractivity contribution is -0.386. The van der Waals surface area contributed by atoms with Gasteiger partial charge in [0, 0.05) is 16.8 Å². The Morgan fingerprint density at radius 1 is 1.29 bits per heavy atom. The number of para-hydroxylation sites is 1. The summed E-state index contributed by atoms with van der Waals surface area (Å²) >= 11 is 3.63. The maximum Gasteiger partial charge on any atom is 0.311 e. The average Bonchev–Trinajstić information content (AvgIpc) is 2.72. The fourth-order valence-electron chi connectivity index (χ4n) is 2.99. The third kappa shape index (κ3) is 3.96. The van der Waals surface area contributed by atoms with Gasteiger partial charge in [-0.05, 0) is 25.3 Å². The molecule has 0 amide bonds. The lowest BCUT2D eigenvalue weighted by Crippen LogP contribution is -2.30. The Morgan fingerprint density at radius 2 is 1.95 bits per heavy atom. The van der Waals surface area contributed by atoms with Crippen molar-refractivity contribution in [1.29, 1.82) is 0 Å². The van der Waals surface area contributed by atoms with Crippen molar-refractivity contribution in [1.82, 2.24) is 0 Å². The van der Waals surface area contributed by atoms with Crippen LogP contribution in [0.15, 0.2) is 18.2 Å². The number of ether oxygens (including phenoxy) is 1. The molecule has 1 aromatic carbocycles. The molecule has 0 aliphatic heterocycles. The molecule has 5 heteroatoms. The van der Waals surface area contributed by atoms with Crippen molar-refractivity contribution >= 4 is 21.6 Å². The van der Waals surface area contributed by atoms with Crippen molar-refractivity contribution in [2.45, 2.75) is 45.4 Å². The number of nitrogens with zero attached hydrogens (tertiary/aromatic N) is 1. The number of aryl methyl sites for hydroxylation is 1. The molecule has 1 aliphatic carbocycles. The molecule has 1 fully saturated rings. The van der Waals surface area contributed by atoms with Gasteiger partial charge in [0.1, 0.15) is 0 Å². The number of nitro groups is 1. The van der Waals surface area contributed by atoms with Crippen LogP contribution in [0.25, 0.3) is 0 Å². The summed E-state index contributed by atoms with van der Waals surface area (Å²) in [5, 5.41) is 12.0. The molecular weight excluding hydrogens is 334 g/mol. The van der Waals surface area contributed by atoms with E-state index in [9.17, 15) is 10.1 Å². The van der Waals surface area contributed by atoms with E-state index in [-0.39, 0.29) is 16.0 Å². The topological polar surface area (TPSA) is 52.4 Å². The highest BCUT2D eigenvalue weighted by molar-refractivity contribution is 9.09. The van der Waals surface area contributed by atoms with E-state index in [0.29, 0.717) is 12.4 Å². The Balaban J connectivity index is 2.16. The van der Waals surface area contributed by atoms with Gasteiger partial charge in [-0.25, -0.2) is 0 Å². The Bertz CT molecular complexity index is 496. The SMILES string of the molecule is Cc1cccc([N+](=O)[O-])c1OCC1(CBr)CCCCCC1. The van der Waals surface area contributed by atoms with Crippen molar-refractivity contribution in [3.8, 4) is 5.75 Å². The van der Waals surface area contributed by atoms with E-state index in [2.05, 4.69) is 15.9 Å². The molecule has 0 saturated heterocycles. The third-order valence-electron chi connectivity index (χ3n) is 4.36. The van der Waals surface area contributed by atoms with Crippen LogP contribution in [0.5, 0.6) is 5.75 Å². The maximum atomic E-state index is 11.1. The first-order valence-electron chi connectivity index (χ1n) is 7.51. The number of rotatable bonds is 5. The molecule has 0 bridgehead atoms. The van der Waals surface area contributed by atoms with Crippen LogP contribution >= 0.6 is 15.9 Å². The summed E-state index contributed by atoms with van der Waals surface area (Å²) in [4.78, 5) is 10.8. The van der Waals surface area contributed by atoms with Gasteiger partial charge in [0.05, 0.1) is 11.5 Å². The molecule has 0 spiro atoms. The summed E-state index contributed by atoms with van der Waals surface area (Å²) < 4.78 is 5.95. The molecule has 0 atom stereocenters. The molecule has 2 rings (SSSR count). The zero-order valence-electron chi connectivity index (χ0n) is 12.4. The van der Waals surface area contributed by atoms with E-state index in [4.69, 9.17) is 4.74 Å². The van der Waals surface area contributed by atoms with E-state index >= 15 is 0 Å². The van der Waals surface area contributed by atoms with Crippen molar-refractivity contribution < 1.29 is 9.66 Å². The van der Waals surface area contributed by atoms with Gasteiger partial charge in [0.2, 0.25) is 0 Å². The van der Waals surface area contributed by atoms with Crippen LogP contribution in [0.3, 0.4) is 0 Å². The average molecular weight is 356 g/mol. The van der Waals surface area contributed by atoms with Gasteiger partial charge in [-0.2, -0.15) is 0 Å². The first-order valence-corrected chi connectivity index (χ1v) is 8.63. The number of hydrogen-bond donors (Lipinski definition) is 0. The summed E-state index contributed by atoms with van der Waals surface area (Å²) in [7, 11) is 0. The molecule has 0 aromatic heterocycles. The highest BCUT2D eigenvalue weighted by Crippen LogP contribution is 2.39. The molecular formula is C16H22BrNO3. The van der Waals surface area contributed by atoms with Crippen LogP contribution in [0, 0.1) is 22.5 Å². The van der Waals surface area contributed by atoms with E-state index in [1.165, 1.54) is 31.7 Å². The molecule has 4 nitrogen and oxygen atoms in total. The van der Waals surface area contributed by atoms with Crippen LogP contribution in [0.2, 0.25) is 0 Å². The van der Waals surface area contributed by atoms with Crippen LogP contribution in [-0.4, -0.2) is 16.9 Å². The van der Waals surface area contributed by atoms with E-state index in [1.54, 1.807) is 6.07 Å². The third-order valence-corrected chi connectivity index (χ3v) is 5.55. The number of alkyl halides is 1. The number of halogens is 1. The van der Waals surface area contributed by atoms with Crippen LogP contribution in [0.4, 0.5) is 5.69 Å². The predicted octanol–water partition coefficient (Wildman–Crippen LogP) is 5.02. The summed E-state index contributed by atoms with van der Waals surface area (Å²) in [6.07, 6.45) is 7.23. The minimum atomic E-state index is -0.365. The Labute approximate surface area is 134 Å². The van der Waals surface area contributed by atoms with Crippen molar-refractivity contribution in [2.24, 2.45) is 5.41 Å². The largest absolute Gasteiger partial charge is 0.486 e. The lowest BCUT2D eigenvalue weighted by atomic mass is 9.83.